The smallest absolute Gasteiger partial charge is 0.467 e. The van der Waals surface area contributed by atoms with E-state index >= 15 is 0 Å². The van der Waals surface area contributed by atoms with Gasteiger partial charge in [-0.2, -0.15) is 13.2 Å². The summed E-state index contributed by atoms with van der Waals surface area (Å²) in [6.45, 7) is 4.31. The van der Waals surface area contributed by atoms with Crippen molar-refractivity contribution in [2.45, 2.75) is 18.6 Å². The number of esters is 1. The predicted octanol–water partition coefficient (Wildman–Crippen LogP) is 1.51. The third-order valence-electron chi connectivity index (χ3n) is 1.76. The van der Waals surface area contributed by atoms with Crippen LogP contribution in [0.25, 0.3) is 0 Å². The number of alkyl halides is 3. The van der Waals surface area contributed by atoms with Crippen LogP contribution in [0.2, 0.25) is 0 Å². The Hall–Kier alpha value is -1.05. The number of methoxy groups -OCH3 is 1. The van der Waals surface area contributed by atoms with Gasteiger partial charge in [-0.3, -0.25) is 4.79 Å². The maximum absolute atomic E-state index is 12.0. The first-order valence-corrected chi connectivity index (χ1v) is 4.67. The van der Waals surface area contributed by atoms with Crippen molar-refractivity contribution in [3.05, 3.63) is 11.1 Å². The maximum atomic E-state index is 12.0. The van der Waals surface area contributed by atoms with Crippen molar-refractivity contribution in [1.29, 1.82) is 0 Å². The first-order valence-electron chi connectivity index (χ1n) is 3.88. The minimum Gasteiger partial charge on any atom is -0.467 e. The molecule has 16 heavy (non-hydrogen) atoms. The molecule has 1 atom stereocenters. The fraction of sp³-hybridized carbons (Fsp3) is 0.500. The summed E-state index contributed by atoms with van der Waals surface area (Å²) in [6.07, 6.45) is -5.09. The number of hydrogen-bond donors (Lipinski definition) is 1. The Morgan fingerprint density at radius 1 is 1.38 bits per heavy atom. The first kappa shape index (κ1) is 14.9. The number of ether oxygens (including phenoxy) is 1. The van der Waals surface area contributed by atoms with Crippen molar-refractivity contribution in [3.8, 4) is 0 Å². The predicted molar refractivity (Wildman–Crippen MR) is 52.7 cm³/mol. The maximum Gasteiger partial charge on any atom is 0.471 e. The van der Waals surface area contributed by atoms with Crippen LogP contribution < -0.4 is 5.32 Å². The van der Waals surface area contributed by atoms with Gasteiger partial charge >= 0.3 is 18.1 Å². The van der Waals surface area contributed by atoms with Crippen LogP contribution in [0, 0.1) is 0 Å². The standard InChI is InChI=1S/C8H9BrF3NO3/c1-4(9)7(2,6(15)16-3)13-5(14)8(10,11)12/h1H2,2-3H3,(H,13,14)/t7-/m0/s1. The van der Waals surface area contributed by atoms with Crippen LogP contribution in [0.1, 0.15) is 6.92 Å². The fourth-order valence-corrected chi connectivity index (χ4v) is 0.993. The van der Waals surface area contributed by atoms with Crippen LogP contribution in [-0.2, 0) is 14.3 Å². The first-order chi connectivity index (χ1) is 7.05. The number of nitrogens with one attached hydrogen (secondary N) is 1. The average molecular weight is 304 g/mol. The van der Waals surface area contributed by atoms with Crippen molar-refractivity contribution in [3.63, 3.8) is 0 Å². The highest BCUT2D eigenvalue weighted by Gasteiger charge is 2.46. The summed E-state index contributed by atoms with van der Waals surface area (Å²) in [4.78, 5) is 21.9. The molecule has 0 aliphatic carbocycles. The van der Waals surface area contributed by atoms with Crippen molar-refractivity contribution in [1.82, 2.24) is 5.32 Å². The molecule has 0 saturated carbocycles. The van der Waals surface area contributed by atoms with Gasteiger partial charge in [0.15, 0.2) is 5.54 Å². The molecule has 0 aliphatic rings. The van der Waals surface area contributed by atoms with Crippen LogP contribution in [0.4, 0.5) is 13.2 Å². The van der Waals surface area contributed by atoms with E-state index in [1.807, 2.05) is 0 Å². The number of carbonyl (C=O) groups is 2. The number of rotatable bonds is 3. The molecular formula is C8H9BrF3NO3. The molecule has 92 valence electrons. The lowest BCUT2D eigenvalue weighted by Gasteiger charge is -2.27. The van der Waals surface area contributed by atoms with E-state index in [2.05, 4.69) is 27.2 Å². The Kier molecular flexibility index (Phi) is 4.54. The molecule has 0 aromatic heterocycles. The van der Waals surface area contributed by atoms with Gasteiger partial charge in [-0.1, -0.05) is 22.5 Å². The molecule has 4 nitrogen and oxygen atoms in total. The third-order valence-corrected chi connectivity index (χ3v) is 2.55. The molecule has 1 amide bonds. The van der Waals surface area contributed by atoms with Gasteiger partial charge < -0.3 is 10.1 Å². The normalized spacial score (nSPS) is 14.9. The highest BCUT2D eigenvalue weighted by Crippen LogP contribution is 2.24. The Morgan fingerprint density at radius 2 is 1.81 bits per heavy atom. The molecular weight excluding hydrogens is 295 g/mol. The SMILES string of the molecule is C=C(Br)[C@](C)(NC(=O)C(F)(F)F)C(=O)OC. The Morgan fingerprint density at radius 3 is 2.06 bits per heavy atom. The van der Waals surface area contributed by atoms with Gasteiger partial charge in [-0.25, -0.2) is 4.79 Å². The largest absolute Gasteiger partial charge is 0.471 e. The molecule has 1 N–H and O–H groups in total. The highest BCUT2D eigenvalue weighted by molar-refractivity contribution is 9.11. The molecule has 0 bridgehead atoms. The second kappa shape index (κ2) is 4.86. The lowest BCUT2D eigenvalue weighted by molar-refractivity contribution is -0.176. The molecule has 0 spiro atoms. The van der Waals surface area contributed by atoms with Crippen LogP contribution >= 0.6 is 15.9 Å². The zero-order valence-electron chi connectivity index (χ0n) is 8.44. The molecule has 0 rings (SSSR count). The minimum atomic E-state index is -5.09. The summed E-state index contributed by atoms with van der Waals surface area (Å²) >= 11 is 2.76. The summed E-state index contributed by atoms with van der Waals surface area (Å²) in [5, 5.41) is 1.50. The molecule has 0 fully saturated rings. The molecule has 0 saturated heterocycles. The summed E-state index contributed by atoms with van der Waals surface area (Å²) in [6, 6.07) is 0. The molecule has 0 aliphatic heterocycles. The Bertz CT molecular complexity index is 329. The third kappa shape index (κ3) is 3.22. The number of carbonyl (C=O) groups excluding carboxylic acids is 2. The summed E-state index contributed by atoms with van der Waals surface area (Å²) in [5.41, 5.74) is -1.97. The van der Waals surface area contributed by atoms with E-state index in [-0.39, 0.29) is 4.48 Å². The average Bonchev–Trinajstić information content (AvgIpc) is 2.14. The molecule has 0 radical (unpaired) electrons. The minimum absolute atomic E-state index is 0.149. The Balaban J connectivity index is 5.06. The van der Waals surface area contributed by atoms with Gasteiger partial charge in [0.2, 0.25) is 0 Å². The van der Waals surface area contributed by atoms with Crippen LogP contribution in [0.3, 0.4) is 0 Å². The molecule has 0 aromatic carbocycles. The van der Waals surface area contributed by atoms with Gasteiger partial charge in [-0.05, 0) is 6.92 Å². The van der Waals surface area contributed by atoms with Gasteiger partial charge in [0.1, 0.15) is 0 Å². The van der Waals surface area contributed by atoms with Crippen molar-refractivity contribution < 1.29 is 27.5 Å². The molecule has 0 heterocycles. The van der Waals surface area contributed by atoms with E-state index in [9.17, 15) is 22.8 Å². The zero-order chi connectivity index (χ0) is 13.1. The molecule has 8 heteroatoms. The zero-order valence-corrected chi connectivity index (χ0v) is 10.0. The number of amides is 1. The lowest BCUT2D eigenvalue weighted by atomic mass is 10.0. The number of halogens is 4. The van der Waals surface area contributed by atoms with Crippen molar-refractivity contribution >= 4 is 27.8 Å². The fourth-order valence-electron chi connectivity index (χ4n) is 0.732. The molecule has 0 aromatic rings. The van der Waals surface area contributed by atoms with E-state index in [4.69, 9.17) is 0 Å². The van der Waals surface area contributed by atoms with E-state index in [0.717, 1.165) is 14.0 Å². The molecule has 0 unspecified atom stereocenters. The highest BCUT2D eigenvalue weighted by atomic mass is 79.9. The van der Waals surface area contributed by atoms with Crippen LogP contribution in [0.15, 0.2) is 11.1 Å². The Labute approximate surface area is 98.0 Å². The second-order valence-corrected chi connectivity index (χ2v) is 3.93. The quantitative estimate of drug-likeness (QED) is 0.804. The van der Waals surface area contributed by atoms with Crippen molar-refractivity contribution in [2.75, 3.05) is 7.11 Å². The topological polar surface area (TPSA) is 55.4 Å². The summed E-state index contributed by atoms with van der Waals surface area (Å²) < 4.78 is 40.1. The van der Waals surface area contributed by atoms with Crippen LogP contribution in [-0.4, -0.2) is 30.7 Å². The van der Waals surface area contributed by atoms with E-state index in [1.165, 1.54) is 5.32 Å². The lowest BCUT2D eigenvalue weighted by Crippen LogP contribution is -2.56. The number of hydrogen-bond acceptors (Lipinski definition) is 3. The monoisotopic (exact) mass is 303 g/mol. The van der Waals surface area contributed by atoms with Gasteiger partial charge in [0.05, 0.1) is 7.11 Å². The van der Waals surface area contributed by atoms with Gasteiger partial charge in [0.25, 0.3) is 0 Å². The second-order valence-electron chi connectivity index (χ2n) is 2.97. The van der Waals surface area contributed by atoms with E-state index in [0.29, 0.717) is 0 Å². The van der Waals surface area contributed by atoms with Crippen LogP contribution in [0.5, 0.6) is 0 Å². The van der Waals surface area contributed by atoms with Gasteiger partial charge in [-0.15, -0.1) is 0 Å². The van der Waals surface area contributed by atoms with Gasteiger partial charge in [0, 0.05) is 4.48 Å². The van der Waals surface area contributed by atoms with E-state index in [1.54, 1.807) is 0 Å². The summed E-state index contributed by atoms with van der Waals surface area (Å²) in [5.74, 6) is -3.31. The van der Waals surface area contributed by atoms with E-state index < -0.39 is 23.6 Å². The summed E-state index contributed by atoms with van der Waals surface area (Å²) in [7, 11) is 0.982. The van der Waals surface area contributed by atoms with Crippen molar-refractivity contribution in [2.24, 2.45) is 0 Å².